The Morgan fingerprint density at radius 3 is 1.88 bits per heavy atom. The number of hydrogen-bond acceptors (Lipinski definition) is 14. The summed E-state index contributed by atoms with van der Waals surface area (Å²) in [6.07, 6.45) is -0.825. The largest absolute Gasteiger partial charge is 0.468 e. The number of aryl methyl sites for hydroxylation is 1. The second-order valence-electron chi connectivity index (χ2n) is 16.4. The summed E-state index contributed by atoms with van der Waals surface area (Å²) in [4.78, 5) is 22.6. The van der Waals surface area contributed by atoms with Crippen LogP contribution in [0, 0.1) is 19.7 Å². The van der Waals surface area contributed by atoms with Crippen molar-refractivity contribution in [3.8, 4) is 67.9 Å². The second kappa shape index (κ2) is 23.6. The van der Waals surface area contributed by atoms with Gasteiger partial charge in [0.05, 0.1) is 39.6 Å². The summed E-state index contributed by atoms with van der Waals surface area (Å²) in [6, 6.07) is 40.4. The number of aliphatic hydroxyl groups excluding tert-OH is 2. The van der Waals surface area contributed by atoms with Crippen molar-refractivity contribution < 1.29 is 42.7 Å². The predicted octanol–water partition coefficient (Wildman–Crippen LogP) is 9.56. The number of benzene rings is 6. The molecule has 0 aliphatic heterocycles. The van der Waals surface area contributed by atoms with E-state index < -0.39 is 6.10 Å². The molecule has 8 aromatic rings. The third-order valence-electron chi connectivity index (χ3n) is 11.3. The Morgan fingerprint density at radius 1 is 0.696 bits per heavy atom. The zero-order valence-electron chi connectivity index (χ0n) is 39.4. The number of carbonyl (C=O) groups is 1. The van der Waals surface area contributed by atoms with Gasteiger partial charge in [0.25, 0.3) is 11.8 Å². The van der Waals surface area contributed by atoms with E-state index in [9.17, 15) is 14.3 Å². The minimum atomic E-state index is -0.825. The fraction of sp³-hybridized carbons (Fsp3) is 0.241. The van der Waals surface area contributed by atoms with Crippen LogP contribution in [0.2, 0.25) is 0 Å². The number of nitrogens with zero attached hydrogens (tertiary/aromatic N) is 5. The smallest absolute Gasteiger partial charge is 0.319 e. The van der Waals surface area contributed by atoms with Crippen molar-refractivity contribution >= 4 is 11.7 Å². The number of likely N-dealkylation sites (N-methyl/N-ethyl adjacent to an activating group) is 1. The molecule has 0 saturated heterocycles. The van der Waals surface area contributed by atoms with E-state index in [1.807, 2.05) is 109 Å². The highest BCUT2D eigenvalue weighted by Crippen LogP contribution is 2.34. The molecule has 1 atom stereocenters. The molecule has 0 saturated carbocycles. The number of nitrogens with one attached hydrogen (secondary N) is 1. The number of halogens is 1. The Labute approximate surface area is 400 Å². The molecule has 0 radical (unpaired) electrons. The summed E-state index contributed by atoms with van der Waals surface area (Å²) < 4.78 is 40.9. The van der Waals surface area contributed by atoms with Crippen LogP contribution in [0.4, 0.5) is 10.1 Å². The SMILES string of the molecule is COCc1cc(-c2nc(-c3cccc(CN(C)CC(=O)OC)c3)no2)ccc1-c1cccc(F)c1C.COCc1cc(-c2nc(-c3cccc(NCC(O)CO)c3)no2)ccc1-c1ccccc1C. The lowest BCUT2D eigenvalue weighted by Crippen LogP contribution is -2.26. The summed E-state index contributed by atoms with van der Waals surface area (Å²) in [5.74, 6) is 1.18. The number of methoxy groups -OCH3 is 3. The first kappa shape index (κ1) is 49.5. The Balaban J connectivity index is 0.000000205. The van der Waals surface area contributed by atoms with Crippen molar-refractivity contribution in [1.29, 1.82) is 0 Å². The Morgan fingerprint density at radius 2 is 1.28 bits per heavy atom. The number of aliphatic hydroxyl groups is 2. The van der Waals surface area contributed by atoms with Crippen molar-refractivity contribution in [2.24, 2.45) is 0 Å². The number of hydrogen-bond donors (Lipinski definition) is 3. The van der Waals surface area contributed by atoms with Crippen molar-refractivity contribution in [3.63, 3.8) is 0 Å². The van der Waals surface area contributed by atoms with Crippen LogP contribution >= 0.6 is 0 Å². The van der Waals surface area contributed by atoms with E-state index >= 15 is 0 Å². The molecule has 0 fully saturated rings. The molecular formula is C54H55FN6O8. The van der Waals surface area contributed by atoms with Crippen LogP contribution in [0.15, 0.2) is 136 Å². The number of aromatic nitrogens is 4. The third kappa shape index (κ3) is 12.6. The molecule has 0 aliphatic carbocycles. The van der Waals surface area contributed by atoms with Gasteiger partial charge in [0, 0.05) is 55.3 Å². The minimum Gasteiger partial charge on any atom is -0.468 e. The average Bonchev–Trinajstić information content (AvgIpc) is 4.07. The lowest BCUT2D eigenvalue weighted by atomic mass is 9.94. The summed E-state index contributed by atoms with van der Waals surface area (Å²) in [5.41, 5.74) is 12.6. The Hall–Kier alpha value is -7.40. The number of esters is 1. The molecule has 0 spiro atoms. The molecule has 0 aliphatic rings. The van der Waals surface area contributed by atoms with E-state index in [0.717, 1.165) is 66.9 Å². The Kier molecular flexibility index (Phi) is 16.9. The second-order valence-corrected chi connectivity index (χ2v) is 16.4. The molecule has 14 nitrogen and oxygen atoms in total. The van der Waals surface area contributed by atoms with Crippen LogP contribution in [0.3, 0.4) is 0 Å². The summed E-state index contributed by atoms with van der Waals surface area (Å²) in [5, 5.41) is 29.9. The van der Waals surface area contributed by atoms with Crippen LogP contribution in [-0.2, 0) is 38.8 Å². The van der Waals surface area contributed by atoms with E-state index in [-0.39, 0.29) is 31.5 Å². The quantitative estimate of drug-likeness (QED) is 0.0693. The molecule has 1 unspecified atom stereocenters. The van der Waals surface area contributed by atoms with Gasteiger partial charge in [0.1, 0.15) is 5.82 Å². The molecule has 8 rings (SSSR count). The van der Waals surface area contributed by atoms with Crippen molar-refractivity contribution in [2.75, 3.05) is 53.4 Å². The van der Waals surface area contributed by atoms with E-state index in [1.165, 1.54) is 18.7 Å². The van der Waals surface area contributed by atoms with Crippen LogP contribution in [0.1, 0.15) is 27.8 Å². The molecule has 3 N–H and O–H groups in total. The maximum atomic E-state index is 14.2. The average molecular weight is 935 g/mol. The molecule has 0 amide bonds. The van der Waals surface area contributed by atoms with Gasteiger partial charge in [-0.25, -0.2) is 4.39 Å². The van der Waals surface area contributed by atoms with Crippen LogP contribution in [0.5, 0.6) is 0 Å². The number of rotatable bonds is 18. The first-order valence-corrected chi connectivity index (χ1v) is 22.2. The van der Waals surface area contributed by atoms with Crippen molar-refractivity contribution in [3.05, 3.63) is 161 Å². The normalized spacial score (nSPS) is 11.6. The van der Waals surface area contributed by atoms with Crippen LogP contribution in [0.25, 0.3) is 67.9 Å². The van der Waals surface area contributed by atoms with E-state index in [1.54, 1.807) is 27.2 Å². The van der Waals surface area contributed by atoms with Gasteiger partial charge in [-0.15, -0.1) is 0 Å². The minimum absolute atomic E-state index is 0.196. The molecular weight excluding hydrogens is 880 g/mol. The third-order valence-corrected chi connectivity index (χ3v) is 11.3. The molecule has 69 heavy (non-hydrogen) atoms. The fourth-order valence-corrected chi connectivity index (χ4v) is 7.75. The van der Waals surface area contributed by atoms with E-state index in [0.29, 0.717) is 48.8 Å². The van der Waals surface area contributed by atoms with Gasteiger partial charge in [-0.05, 0) is 119 Å². The Bertz CT molecular complexity index is 2990. The molecule has 2 aromatic heterocycles. The van der Waals surface area contributed by atoms with Gasteiger partial charge >= 0.3 is 5.97 Å². The van der Waals surface area contributed by atoms with Gasteiger partial charge in [-0.3, -0.25) is 9.69 Å². The highest BCUT2D eigenvalue weighted by Gasteiger charge is 2.18. The highest BCUT2D eigenvalue weighted by atomic mass is 19.1. The standard InChI is InChI=1S/C28H28FN3O4.C26H27N3O4/c1-18-23(9-6-10-25(18)29)24-12-11-21(14-22(24)17-34-3)28-30-27(31-36-28)20-8-5-7-19(13-20)15-32(2)16-26(33)35-4;1-17-6-3-4-9-23(17)24-11-10-19(12-20(24)16-32-2)26-28-25(29-33-26)18-7-5-8-21(13-18)27-14-22(31)15-30/h5-14H,15-17H2,1-4H3;3-13,22,27,30-31H,14-16H2,1-2H3. The first-order chi connectivity index (χ1) is 33.5. The van der Waals surface area contributed by atoms with E-state index in [4.69, 9.17) is 28.4 Å². The maximum Gasteiger partial charge on any atom is 0.319 e. The summed E-state index contributed by atoms with van der Waals surface area (Å²) in [6.45, 7) is 5.38. The van der Waals surface area contributed by atoms with Crippen molar-refractivity contribution in [2.45, 2.75) is 39.7 Å². The zero-order valence-corrected chi connectivity index (χ0v) is 39.4. The maximum absolute atomic E-state index is 14.2. The number of ether oxygens (including phenoxy) is 3. The lowest BCUT2D eigenvalue weighted by molar-refractivity contribution is -0.141. The molecule has 15 heteroatoms. The highest BCUT2D eigenvalue weighted by molar-refractivity contribution is 5.76. The van der Waals surface area contributed by atoms with E-state index in [2.05, 4.69) is 50.7 Å². The van der Waals surface area contributed by atoms with Gasteiger partial charge in [0.15, 0.2) is 0 Å². The van der Waals surface area contributed by atoms with Crippen LogP contribution in [-0.4, -0.2) is 95.5 Å². The van der Waals surface area contributed by atoms with Crippen LogP contribution < -0.4 is 5.32 Å². The zero-order chi connectivity index (χ0) is 48.9. The number of anilines is 1. The number of carbonyl (C=O) groups excluding carboxylic acids is 1. The molecule has 0 bridgehead atoms. The van der Waals surface area contributed by atoms with Gasteiger partial charge in [-0.1, -0.05) is 89.2 Å². The monoisotopic (exact) mass is 934 g/mol. The molecule has 6 aromatic carbocycles. The van der Waals surface area contributed by atoms with Gasteiger partial charge in [0.2, 0.25) is 11.6 Å². The van der Waals surface area contributed by atoms with Crippen molar-refractivity contribution in [1.82, 2.24) is 25.2 Å². The lowest BCUT2D eigenvalue weighted by Gasteiger charge is -2.15. The fourth-order valence-electron chi connectivity index (χ4n) is 7.75. The molecule has 2 heterocycles. The summed E-state index contributed by atoms with van der Waals surface area (Å²) in [7, 11) is 6.52. The van der Waals surface area contributed by atoms with Gasteiger partial charge < -0.3 is 38.8 Å². The summed E-state index contributed by atoms with van der Waals surface area (Å²) >= 11 is 0. The topological polar surface area (TPSA) is 178 Å². The molecule has 356 valence electrons. The first-order valence-electron chi connectivity index (χ1n) is 22.2. The van der Waals surface area contributed by atoms with Gasteiger partial charge in [-0.2, -0.15) is 9.97 Å². The predicted molar refractivity (Wildman–Crippen MR) is 262 cm³/mol.